The molecule has 33 heavy (non-hydrogen) atoms. The van der Waals surface area contributed by atoms with Crippen LogP contribution < -0.4 is 10.5 Å². The summed E-state index contributed by atoms with van der Waals surface area (Å²) < 4.78 is 5.60. The van der Waals surface area contributed by atoms with Gasteiger partial charge in [0.15, 0.2) is 0 Å². The maximum Gasteiger partial charge on any atom is 0.328 e. The van der Waals surface area contributed by atoms with E-state index in [1.54, 1.807) is 0 Å². The Kier molecular flexibility index (Phi) is 14.6. The Bertz CT molecular complexity index is 799. The number of carboxylic acids is 4. The lowest BCUT2D eigenvalue weighted by Gasteiger charge is -2.38. The van der Waals surface area contributed by atoms with E-state index >= 15 is 0 Å². The molecule has 0 bridgehead atoms. The van der Waals surface area contributed by atoms with E-state index in [0.29, 0.717) is 36.8 Å². The Morgan fingerprint density at radius 1 is 1.00 bits per heavy atom. The van der Waals surface area contributed by atoms with Crippen molar-refractivity contribution in [3.8, 4) is 5.75 Å². The second-order valence-corrected chi connectivity index (χ2v) is 6.94. The second-order valence-electron chi connectivity index (χ2n) is 6.50. The van der Waals surface area contributed by atoms with E-state index < -0.39 is 23.9 Å². The minimum Gasteiger partial charge on any atom is -0.494 e. The van der Waals surface area contributed by atoms with Crippen molar-refractivity contribution in [2.75, 3.05) is 26.2 Å². The molecular weight excluding hydrogens is 460 g/mol. The van der Waals surface area contributed by atoms with Crippen LogP contribution in [0.25, 0.3) is 0 Å². The van der Waals surface area contributed by atoms with Gasteiger partial charge in [0.05, 0.1) is 6.61 Å². The third-order valence-electron chi connectivity index (χ3n) is 3.82. The molecule has 0 saturated carbocycles. The highest BCUT2D eigenvalue weighted by Gasteiger charge is 2.25. The van der Waals surface area contributed by atoms with E-state index in [9.17, 15) is 19.2 Å². The average Bonchev–Trinajstić information content (AvgIpc) is 2.70. The minimum atomic E-state index is -1.26. The van der Waals surface area contributed by atoms with Crippen LogP contribution in [0.3, 0.4) is 0 Å². The number of likely N-dealkylation sites (tertiary alicyclic amines) is 1. The molecule has 182 valence electrons. The monoisotopic (exact) mass is 486 g/mol. The Morgan fingerprint density at radius 2 is 1.45 bits per heavy atom. The maximum atomic E-state index is 9.55. The van der Waals surface area contributed by atoms with Crippen molar-refractivity contribution in [2.45, 2.75) is 13.5 Å². The zero-order valence-electron chi connectivity index (χ0n) is 17.9. The molecule has 0 aromatic heterocycles. The van der Waals surface area contributed by atoms with Crippen LogP contribution in [0.2, 0.25) is 5.02 Å². The van der Waals surface area contributed by atoms with Crippen molar-refractivity contribution in [3.05, 3.63) is 53.1 Å². The van der Waals surface area contributed by atoms with Crippen molar-refractivity contribution in [1.82, 2.24) is 4.90 Å². The largest absolute Gasteiger partial charge is 0.494 e. The first-order valence-electron chi connectivity index (χ1n) is 9.59. The molecule has 0 radical (unpaired) electrons. The van der Waals surface area contributed by atoms with Gasteiger partial charge in [-0.2, -0.15) is 0 Å². The zero-order chi connectivity index (χ0) is 25.4. The standard InChI is InChI=1S/C13H19ClN2O.2C4H4O4/c1-2-17-13-4-3-12(14)5-11(13)9-16-7-10(6-15)8-16;2*5-3(6)1-2-4(7)8/h3-5,10H,2,6-9,15H2,1H3;2*1-2H,(H,5,6)(H,7,8)/b;2*2-1+. The summed E-state index contributed by atoms with van der Waals surface area (Å²) in [5.41, 5.74) is 6.78. The number of hydrogen-bond donors (Lipinski definition) is 5. The van der Waals surface area contributed by atoms with Gasteiger partial charge in [0, 0.05) is 54.5 Å². The summed E-state index contributed by atoms with van der Waals surface area (Å²) in [5, 5.41) is 32.0. The number of nitrogens with two attached hydrogens (primary N) is 1. The average molecular weight is 487 g/mol. The molecule has 0 atom stereocenters. The molecule has 0 unspecified atom stereocenters. The normalized spacial score (nSPS) is 13.3. The molecular formula is C21H27ClN2O9. The highest BCUT2D eigenvalue weighted by molar-refractivity contribution is 6.30. The molecule has 0 amide bonds. The fourth-order valence-electron chi connectivity index (χ4n) is 2.45. The first-order chi connectivity index (χ1) is 15.5. The predicted octanol–water partition coefficient (Wildman–Crippen LogP) is 1.55. The van der Waals surface area contributed by atoms with Gasteiger partial charge < -0.3 is 30.9 Å². The Morgan fingerprint density at radius 3 is 1.82 bits per heavy atom. The summed E-state index contributed by atoms with van der Waals surface area (Å²) in [4.78, 5) is 40.6. The Labute approximate surface area is 195 Å². The van der Waals surface area contributed by atoms with Gasteiger partial charge in [-0.05, 0) is 37.6 Å². The van der Waals surface area contributed by atoms with Gasteiger partial charge in [-0.25, -0.2) is 19.2 Å². The van der Waals surface area contributed by atoms with Crippen LogP contribution in [-0.4, -0.2) is 75.4 Å². The van der Waals surface area contributed by atoms with Gasteiger partial charge in [-0.3, -0.25) is 4.90 Å². The molecule has 0 aliphatic carbocycles. The van der Waals surface area contributed by atoms with E-state index in [2.05, 4.69) is 4.90 Å². The number of carbonyl (C=O) groups is 4. The van der Waals surface area contributed by atoms with E-state index in [1.807, 2.05) is 25.1 Å². The van der Waals surface area contributed by atoms with E-state index in [0.717, 1.165) is 42.5 Å². The molecule has 2 rings (SSSR count). The lowest BCUT2D eigenvalue weighted by Crippen LogP contribution is -2.49. The Hall–Kier alpha value is -3.41. The van der Waals surface area contributed by atoms with Crippen LogP contribution in [0.1, 0.15) is 12.5 Å². The van der Waals surface area contributed by atoms with Crippen LogP contribution >= 0.6 is 11.6 Å². The van der Waals surface area contributed by atoms with E-state index in [-0.39, 0.29) is 0 Å². The maximum absolute atomic E-state index is 9.55. The van der Waals surface area contributed by atoms with Crippen molar-refractivity contribution in [2.24, 2.45) is 11.7 Å². The summed E-state index contributed by atoms with van der Waals surface area (Å²) in [7, 11) is 0. The molecule has 1 heterocycles. The molecule has 12 heteroatoms. The van der Waals surface area contributed by atoms with Crippen LogP contribution in [0.5, 0.6) is 5.75 Å². The third-order valence-corrected chi connectivity index (χ3v) is 4.05. The van der Waals surface area contributed by atoms with Crippen LogP contribution in [0.4, 0.5) is 0 Å². The molecule has 1 aliphatic heterocycles. The number of nitrogens with zero attached hydrogens (tertiary/aromatic N) is 1. The number of rotatable bonds is 9. The summed E-state index contributed by atoms with van der Waals surface area (Å²) in [5.74, 6) is -3.43. The Balaban J connectivity index is 0.000000539. The summed E-state index contributed by atoms with van der Waals surface area (Å²) in [6.45, 7) is 6.51. The van der Waals surface area contributed by atoms with Crippen LogP contribution in [0, 0.1) is 5.92 Å². The van der Waals surface area contributed by atoms with Gasteiger partial charge in [0.25, 0.3) is 0 Å². The first-order valence-corrected chi connectivity index (χ1v) is 9.97. The number of aliphatic carboxylic acids is 4. The lowest BCUT2D eigenvalue weighted by molar-refractivity contribution is -0.134. The highest BCUT2D eigenvalue weighted by Crippen LogP contribution is 2.27. The molecule has 0 spiro atoms. The van der Waals surface area contributed by atoms with Crippen LogP contribution in [0.15, 0.2) is 42.5 Å². The number of halogens is 1. The smallest absolute Gasteiger partial charge is 0.328 e. The van der Waals surface area contributed by atoms with Crippen LogP contribution in [-0.2, 0) is 25.7 Å². The zero-order valence-corrected chi connectivity index (χ0v) is 18.6. The van der Waals surface area contributed by atoms with Crippen molar-refractivity contribution < 1.29 is 44.3 Å². The van der Waals surface area contributed by atoms with Gasteiger partial charge in [-0.15, -0.1) is 0 Å². The minimum absolute atomic E-state index is 0.558. The summed E-state index contributed by atoms with van der Waals surface area (Å²) >= 11 is 6.02. The van der Waals surface area contributed by atoms with Gasteiger partial charge in [0.1, 0.15) is 5.75 Å². The van der Waals surface area contributed by atoms with E-state index in [1.165, 1.54) is 0 Å². The van der Waals surface area contributed by atoms with Crippen molar-refractivity contribution in [1.29, 1.82) is 0 Å². The van der Waals surface area contributed by atoms with Gasteiger partial charge in [-0.1, -0.05) is 11.6 Å². The molecule has 6 N–H and O–H groups in total. The molecule has 1 aromatic carbocycles. The molecule has 1 aromatic rings. The SMILES string of the molecule is CCOc1ccc(Cl)cc1CN1CC(CN)C1.O=C(O)/C=C/C(=O)O.O=C(O)/C=C/C(=O)O. The fraction of sp³-hybridized carbons (Fsp3) is 0.333. The fourth-order valence-corrected chi connectivity index (χ4v) is 2.64. The molecule has 1 aliphatic rings. The third kappa shape index (κ3) is 15.1. The number of carboxylic acid groups (broad SMARTS) is 4. The number of hydrogen-bond acceptors (Lipinski definition) is 7. The van der Waals surface area contributed by atoms with Gasteiger partial charge in [0.2, 0.25) is 0 Å². The second kappa shape index (κ2) is 16.3. The van der Waals surface area contributed by atoms with E-state index in [4.69, 9.17) is 42.5 Å². The predicted molar refractivity (Wildman–Crippen MR) is 119 cm³/mol. The highest BCUT2D eigenvalue weighted by atomic mass is 35.5. The van der Waals surface area contributed by atoms with Crippen molar-refractivity contribution in [3.63, 3.8) is 0 Å². The van der Waals surface area contributed by atoms with Gasteiger partial charge >= 0.3 is 23.9 Å². The first kappa shape index (κ1) is 29.6. The molecule has 1 fully saturated rings. The number of benzene rings is 1. The van der Waals surface area contributed by atoms with Crippen molar-refractivity contribution >= 4 is 35.5 Å². The topological polar surface area (TPSA) is 188 Å². The molecule has 1 saturated heterocycles. The lowest BCUT2D eigenvalue weighted by atomic mass is 9.99. The summed E-state index contributed by atoms with van der Waals surface area (Å²) in [6.07, 6.45) is 2.23. The number of ether oxygens (including phenoxy) is 1. The quantitative estimate of drug-likeness (QED) is 0.318. The molecule has 11 nitrogen and oxygen atoms in total. The summed E-state index contributed by atoms with van der Waals surface area (Å²) in [6, 6.07) is 5.80.